The van der Waals surface area contributed by atoms with Gasteiger partial charge in [0.05, 0.1) is 24.1 Å². The van der Waals surface area contributed by atoms with Crippen molar-refractivity contribution in [1.29, 1.82) is 0 Å². The molecule has 190 valence electrons. The molecule has 2 aromatic heterocycles. The van der Waals surface area contributed by atoms with Gasteiger partial charge in [0.15, 0.2) is 16.9 Å². The van der Waals surface area contributed by atoms with Gasteiger partial charge < -0.3 is 13.9 Å². The van der Waals surface area contributed by atoms with Crippen LogP contribution in [0.2, 0.25) is 0 Å². The maximum absolute atomic E-state index is 13.9. The van der Waals surface area contributed by atoms with Crippen LogP contribution in [0.4, 0.5) is 5.13 Å². The molecule has 1 aliphatic rings. The Morgan fingerprint density at radius 1 is 1.16 bits per heavy atom. The fraction of sp³-hybridized carbons (Fsp3) is 0.286. The number of methoxy groups -OCH3 is 1. The number of amides is 1. The van der Waals surface area contributed by atoms with E-state index >= 15 is 0 Å². The highest BCUT2D eigenvalue weighted by Gasteiger charge is 2.45. The number of aromatic nitrogens is 2. The molecule has 0 spiro atoms. The normalized spacial score (nSPS) is 14.9. The summed E-state index contributed by atoms with van der Waals surface area (Å²) in [4.78, 5) is 29.2. The zero-order valence-corrected chi connectivity index (χ0v) is 21.9. The SMILES string of the molecule is C=CCOc1ccc(C2c3c(oc4ccc(C)cc4c3=O)C(=O)N2c2nnc(CC(C)C)s2)cc1OC. The molecule has 3 heterocycles. The summed E-state index contributed by atoms with van der Waals surface area (Å²) in [7, 11) is 1.54. The molecule has 5 rings (SSSR count). The average molecular weight is 518 g/mol. The summed E-state index contributed by atoms with van der Waals surface area (Å²) in [6, 6.07) is 9.93. The summed E-state index contributed by atoms with van der Waals surface area (Å²) in [6.45, 7) is 10.1. The Morgan fingerprint density at radius 2 is 1.97 bits per heavy atom. The Bertz CT molecular complexity index is 1570. The van der Waals surface area contributed by atoms with Crippen molar-refractivity contribution in [3.05, 3.63) is 86.7 Å². The molecule has 0 aliphatic carbocycles. The first-order valence-corrected chi connectivity index (χ1v) is 12.8. The minimum Gasteiger partial charge on any atom is -0.493 e. The van der Waals surface area contributed by atoms with E-state index in [1.807, 2.05) is 19.1 Å². The minimum absolute atomic E-state index is 0.0120. The van der Waals surface area contributed by atoms with Crippen molar-refractivity contribution in [3.8, 4) is 11.5 Å². The van der Waals surface area contributed by atoms with Gasteiger partial charge in [-0.15, -0.1) is 10.2 Å². The number of benzene rings is 2. The van der Waals surface area contributed by atoms with Crippen molar-refractivity contribution in [2.45, 2.75) is 33.2 Å². The molecule has 1 aliphatic heterocycles. The standard InChI is InChI=1S/C28H27N3O5S/c1-6-11-35-20-10-8-17(14-21(20)34-5)24-23-25(32)18-13-16(4)7-9-19(18)36-26(23)27(33)31(24)28-30-29-22(37-28)12-15(2)3/h6-10,13-15,24H,1,11-12H2,2-5H3. The lowest BCUT2D eigenvalue weighted by molar-refractivity contribution is 0.0970. The number of carbonyl (C=O) groups is 1. The predicted octanol–water partition coefficient (Wildman–Crippen LogP) is 5.47. The van der Waals surface area contributed by atoms with Gasteiger partial charge in [0.25, 0.3) is 5.91 Å². The second-order valence-electron chi connectivity index (χ2n) is 9.34. The van der Waals surface area contributed by atoms with E-state index in [9.17, 15) is 9.59 Å². The fourth-order valence-electron chi connectivity index (χ4n) is 4.50. The van der Waals surface area contributed by atoms with Crippen LogP contribution in [0.15, 0.2) is 58.3 Å². The van der Waals surface area contributed by atoms with Crippen molar-refractivity contribution in [3.63, 3.8) is 0 Å². The topological polar surface area (TPSA) is 94.8 Å². The Kier molecular flexibility index (Phi) is 6.55. The van der Waals surface area contributed by atoms with Crippen molar-refractivity contribution < 1.29 is 18.7 Å². The molecule has 0 saturated heterocycles. The number of carbonyl (C=O) groups excluding carboxylic acids is 1. The summed E-state index contributed by atoms with van der Waals surface area (Å²) >= 11 is 1.34. The number of nitrogens with zero attached hydrogens (tertiary/aromatic N) is 3. The molecule has 4 aromatic rings. The third-order valence-corrected chi connectivity index (χ3v) is 7.08. The van der Waals surface area contributed by atoms with E-state index in [1.165, 1.54) is 16.2 Å². The van der Waals surface area contributed by atoms with Gasteiger partial charge in [0, 0.05) is 6.42 Å². The highest BCUT2D eigenvalue weighted by molar-refractivity contribution is 7.15. The molecule has 1 amide bonds. The Morgan fingerprint density at radius 3 is 2.70 bits per heavy atom. The van der Waals surface area contributed by atoms with Gasteiger partial charge >= 0.3 is 0 Å². The summed E-state index contributed by atoms with van der Waals surface area (Å²) < 4.78 is 17.3. The number of fused-ring (bicyclic) bond motifs is 2. The molecule has 1 atom stereocenters. The van der Waals surface area contributed by atoms with Crippen LogP contribution in [-0.2, 0) is 6.42 Å². The van der Waals surface area contributed by atoms with Crippen LogP contribution in [-0.4, -0.2) is 29.8 Å². The lowest BCUT2D eigenvalue weighted by Gasteiger charge is -2.23. The van der Waals surface area contributed by atoms with Gasteiger partial charge in [-0.2, -0.15) is 0 Å². The summed E-state index contributed by atoms with van der Waals surface area (Å²) in [6.07, 6.45) is 2.38. The smallest absolute Gasteiger partial charge is 0.297 e. The molecular weight excluding hydrogens is 490 g/mol. The zero-order valence-electron chi connectivity index (χ0n) is 21.1. The van der Waals surface area contributed by atoms with E-state index in [1.54, 1.807) is 37.5 Å². The molecule has 37 heavy (non-hydrogen) atoms. The number of hydrogen-bond donors (Lipinski definition) is 0. The first kappa shape index (κ1) is 24.7. The van der Waals surface area contributed by atoms with Crippen LogP contribution in [0.3, 0.4) is 0 Å². The lowest BCUT2D eigenvalue weighted by Crippen LogP contribution is -2.29. The highest BCUT2D eigenvalue weighted by Crippen LogP contribution is 2.44. The van der Waals surface area contributed by atoms with Gasteiger partial charge in [-0.25, -0.2) is 0 Å². The molecule has 9 heteroatoms. The van der Waals surface area contributed by atoms with E-state index in [2.05, 4.69) is 30.6 Å². The van der Waals surface area contributed by atoms with Gasteiger partial charge in [-0.05, 0) is 42.7 Å². The Hall–Kier alpha value is -3.98. The minimum atomic E-state index is -0.772. The molecule has 0 radical (unpaired) electrons. The van der Waals surface area contributed by atoms with Gasteiger partial charge in [0.1, 0.15) is 17.2 Å². The Balaban J connectivity index is 1.72. The van der Waals surface area contributed by atoms with Crippen molar-refractivity contribution >= 4 is 33.3 Å². The number of aryl methyl sites for hydroxylation is 1. The first-order chi connectivity index (χ1) is 17.8. The number of anilines is 1. The largest absolute Gasteiger partial charge is 0.493 e. The highest BCUT2D eigenvalue weighted by atomic mass is 32.1. The molecule has 0 bridgehead atoms. The second-order valence-corrected chi connectivity index (χ2v) is 10.4. The predicted molar refractivity (Wildman–Crippen MR) is 143 cm³/mol. The van der Waals surface area contributed by atoms with Crippen molar-refractivity contribution in [2.24, 2.45) is 5.92 Å². The molecule has 8 nitrogen and oxygen atoms in total. The number of rotatable bonds is 8. The van der Waals surface area contributed by atoms with Gasteiger partial charge in [-0.3, -0.25) is 14.5 Å². The van der Waals surface area contributed by atoms with Crippen LogP contribution in [0.25, 0.3) is 11.0 Å². The van der Waals surface area contributed by atoms with E-state index in [-0.39, 0.29) is 16.8 Å². The summed E-state index contributed by atoms with van der Waals surface area (Å²) in [5.41, 5.74) is 1.97. The maximum Gasteiger partial charge on any atom is 0.297 e. The van der Waals surface area contributed by atoms with Crippen LogP contribution in [0, 0.1) is 12.8 Å². The quantitative estimate of drug-likeness (QED) is 0.286. The fourth-order valence-corrected chi connectivity index (χ4v) is 5.57. The van der Waals surface area contributed by atoms with Gasteiger partial charge in [0.2, 0.25) is 10.9 Å². The number of hydrogen-bond acceptors (Lipinski definition) is 8. The van der Waals surface area contributed by atoms with Crippen LogP contribution < -0.4 is 19.8 Å². The van der Waals surface area contributed by atoms with E-state index in [0.717, 1.165) is 17.0 Å². The molecule has 0 saturated carbocycles. The van der Waals surface area contributed by atoms with Crippen molar-refractivity contribution in [2.75, 3.05) is 18.6 Å². The molecule has 2 aromatic carbocycles. The van der Waals surface area contributed by atoms with Crippen LogP contribution >= 0.6 is 11.3 Å². The maximum atomic E-state index is 13.9. The summed E-state index contributed by atoms with van der Waals surface area (Å²) in [5.74, 6) is 0.959. The third-order valence-electron chi connectivity index (χ3n) is 6.13. The number of ether oxygens (including phenoxy) is 2. The molecule has 0 N–H and O–H groups in total. The van der Waals surface area contributed by atoms with Crippen LogP contribution in [0.1, 0.15) is 52.1 Å². The zero-order chi connectivity index (χ0) is 26.3. The first-order valence-electron chi connectivity index (χ1n) is 12.0. The average Bonchev–Trinajstić information content (AvgIpc) is 3.44. The van der Waals surface area contributed by atoms with E-state index < -0.39 is 11.9 Å². The van der Waals surface area contributed by atoms with Crippen LogP contribution in [0.5, 0.6) is 11.5 Å². The van der Waals surface area contributed by atoms with E-state index in [4.69, 9.17) is 13.9 Å². The lowest BCUT2D eigenvalue weighted by atomic mass is 9.98. The molecule has 1 unspecified atom stereocenters. The monoisotopic (exact) mass is 517 g/mol. The van der Waals surface area contributed by atoms with Gasteiger partial charge in [-0.1, -0.05) is 55.5 Å². The molecule has 0 fully saturated rings. The molecular formula is C28H27N3O5S. The Labute approximate surface area is 218 Å². The van der Waals surface area contributed by atoms with E-state index in [0.29, 0.717) is 45.7 Å². The van der Waals surface area contributed by atoms with Crippen molar-refractivity contribution in [1.82, 2.24) is 10.2 Å². The summed E-state index contributed by atoms with van der Waals surface area (Å²) in [5, 5.41) is 10.3. The second kappa shape index (κ2) is 9.82. The third kappa shape index (κ3) is 4.40.